The summed E-state index contributed by atoms with van der Waals surface area (Å²) >= 11 is 0. The summed E-state index contributed by atoms with van der Waals surface area (Å²) in [6.07, 6.45) is 2.98. The number of nitrogens with one attached hydrogen (secondary N) is 2. The van der Waals surface area contributed by atoms with Gasteiger partial charge < -0.3 is 19.8 Å². The van der Waals surface area contributed by atoms with Crippen LogP contribution >= 0.6 is 0 Å². The molecule has 10 nitrogen and oxygen atoms in total. The molecule has 2 amide bonds. The average molecular weight is 625 g/mol. The molecule has 0 aliphatic carbocycles. The van der Waals surface area contributed by atoms with Crippen molar-refractivity contribution in [2.45, 2.75) is 96.6 Å². The Morgan fingerprint density at radius 1 is 0.826 bits per heavy atom. The molecule has 6 rings (SSSR count). The number of rotatable bonds is 3. The molecule has 2 fully saturated rings. The largest absolute Gasteiger partial charge is 0.444 e. The number of amidine groups is 1. The van der Waals surface area contributed by atoms with Crippen molar-refractivity contribution in [3.05, 3.63) is 65.0 Å². The van der Waals surface area contributed by atoms with Crippen LogP contribution in [-0.2, 0) is 9.47 Å². The molecule has 3 atom stereocenters. The van der Waals surface area contributed by atoms with Gasteiger partial charge in [-0.25, -0.2) is 14.6 Å². The molecule has 2 N–H and O–H groups in total. The van der Waals surface area contributed by atoms with Gasteiger partial charge in [0, 0.05) is 24.2 Å². The van der Waals surface area contributed by atoms with Crippen LogP contribution in [0.2, 0.25) is 0 Å². The number of likely N-dealkylation sites (tertiary alicyclic amines) is 2. The third-order valence-electron chi connectivity index (χ3n) is 8.32. The number of carbonyl (C=O) groups excluding carboxylic acids is 2. The van der Waals surface area contributed by atoms with Crippen LogP contribution in [-0.4, -0.2) is 74.7 Å². The highest BCUT2D eigenvalue weighted by molar-refractivity contribution is 5.92. The van der Waals surface area contributed by atoms with Gasteiger partial charge in [0.25, 0.3) is 0 Å². The summed E-state index contributed by atoms with van der Waals surface area (Å²) in [6.45, 7) is 13.3. The van der Waals surface area contributed by atoms with Gasteiger partial charge in [0.1, 0.15) is 22.9 Å². The lowest BCUT2D eigenvalue weighted by Gasteiger charge is -2.29. The Kier molecular flexibility index (Phi) is 8.45. The molecule has 2 aromatic carbocycles. The van der Waals surface area contributed by atoms with Crippen LogP contribution < -0.4 is 5.32 Å². The summed E-state index contributed by atoms with van der Waals surface area (Å²) in [5.74, 6) is 8.19. The highest BCUT2D eigenvalue weighted by Crippen LogP contribution is 2.33. The molecule has 242 valence electrons. The van der Waals surface area contributed by atoms with Gasteiger partial charge in [-0.2, -0.15) is 0 Å². The smallest absolute Gasteiger partial charge is 0.410 e. The molecule has 0 bridgehead atoms. The molecule has 1 unspecified atom stereocenters. The first-order chi connectivity index (χ1) is 21.8. The lowest BCUT2D eigenvalue weighted by molar-refractivity contribution is 0.0216. The van der Waals surface area contributed by atoms with E-state index in [9.17, 15) is 9.59 Å². The fourth-order valence-corrected chi connectivity index (χ4v) is 6.24. The molecule has 2 saturated heterocycles. The predicted molar refractivity (Wildman–Crippen MR) is 178 cm³/mol. The van der Waals surface area contributed by atoms with Crippen LogP contribution in [0.15, 0.2) is 47.5 Å². The topological polar surface area (TPSA) is 112 Å². The predicted octanol–water partition coefficient (Wildman–Crippen LogP) is 6.48. The number of nitrogens with zero attached hydrogens (tertiary/aromatic N) is 4. The van der Waals surface area contributed by atoms with E-state index in [2.05, 4.69) is 34.3 Å². The van der Waals surface area contributed by atoms with Crippen molar-refractivity contribution in [1.29, 1.82) is 0 Å². The van der Waals surface area contributed by atoms with Gasteiger partial charge in [-0.05, 0) is 103 Å². The first-order valence-corrected chi connectivity index (χ1v) is 16.2. The van der Waals surface area contributed by atoms with Gasteiger partial charge in [-0.3, -0.25) is 14.8 Å². The maximum Gasteiger partial charge on any atom is 0.410 e. The number of aromatic amines is 1. The summed E-state index contributed by atoms with van der Waals surface area (Å²) in [7, 11) is 0. The van der Waals surface area contributed by atoms with E-state index in [0.29, 0.717) is 19.6 Å². The molecular weight excluding hydrogens is 580 g/mol. The minimum absolute atomic E-state index is 0.0567. The fraction of sp³-hybridized carbons (Fsp3) is 0.500. The maximum absolute atomic E-state index is 12.8. The zero-order valence-electron chi connectivity index (χ0n) is 27.6. The number of benzene rings is 2. The number of carbonyl (C=O) groups is 2. The maximum atomic E-state index is 12.8. The molecule has 1 aromatic heterocycles. The Morgan fingerprint density at radius 2 is 1.41 bits per heavy atom. The fourth-order valence-electron chi connectivity index (χ4n) is 6.24. The normalized spacial score (nSPS) is 21.5. The van der Waals surface area contributed by atoms with Crippen LogP contribution in [0.3, 0.4) is 0 Å². The van der Waals surface area contributed by atoms with Gasteiger partial charge >= 0.3 is 12.2 Å². The number of amides is 2. The van der Waals surface area contributed by atoms with E-state index >= 15 is 0 Å². The Bertz CT molecular complexity index is 1700. The monoisotopic (exact) mass is 624 g/mol. The second-order valence-corrected chi connectivity index (χ2v) is 14.3. The van der Waals surface area contributed by atoms with E-state index in [4.69, 9.17) is 19.5 Å². The van der Waals surface area contributed by atoms with Gasteiger partial charge in [0.05, 0.1) is 35.7 Å². The summed E-state index contributed by atoms with van der Waals surface area (Å²) in [5, 5.41) is 3.56. The average Bonchev–Trinajstić information content (AvgIpc) is 3.79. The van der Waals surface area contributed by atoms with Crippen LogP contribution in [0.25, 0.3) is 11.0 Å². The van der Waals surface area contributed by atoms with Gasteiger partial charge in [0.15, 0.2) is 0 Å². The van der Waals surface area contributed by atoms with Crippen molar-refractivity contribution in [3.63, 3.8) is 0 Å². The minimum Gasteiger partial charge on any atom is -0.444 e. The molecule has 3 aliphatic heterocycles. The number of aromatic nitrogens is 2. The van der Waals surface area contributed by atoms with E-state index in [1.807, 2.05) is 71.9 Å². The Hall–Kier alpha value is -4.52. The van der Waals surface area contributed by atoms with E-state index in [1.165, 1.54) is 0 Å². The van der Waals surface area contributed by atoms with E-state index < -0.39 is 11.2 Å². The number of ether oxygens (including phenoxy) is 2. The van der Waals surface area contributed by atoms with Crippen molar-refractivity contribution in [2.24, 2.45) is 4.99 Å². The van der Waals surface area contributed by atoms with Gasteiger partial charge in [0.2, 0.25) is 0 Å². The number of H-pyrrole nitrogens is 1. The zero-order chi connectivity index (χ0) is 32.6. The Labute approximate surface area is 270 Å². The zero-order valence-corrected chi connectivity index (χ0v) is 27.6. The molecule has 0 saturated carbocycles. The minimum atomic E-state index is -0.542. The third kappa shape index (κ3) is 7.14. The lowest BCUT2D eigenvalue weighted by Crippen LogP contribution is -2.46. The summed E-state index contributed by atoms with van der Waals surface area (Å²) in [5.41, 5.74) is 3.59. The van der Waals surface area contributed by atoms with Crippen LogP contribution in [0, 0.1) is 11.8 Å². The molecule has 46 heavy (non-hydrogen) atoms. The molecular formula is C36H44N6O4. The van der Waals surface area contributed by atoms with Crippen molar-refractivity contribution >= 4 is 29.1 Å². The van der Waals surface area contributed by atoms with Crippen molar-refractivity contribution in [2.75, 3.05) is 19.6 Å². The summed E-state index contributed by atoms with van der Waals surface area (Å²) in [4.78, 5) is 42.1. The van der Waals surface area contributed by atoms with Crippen LogP contribution in [0.1, 0.15) is 102 Å². The summed E-state index contributed by atoms with van der Waals surface area (Å²) in [6, 6.07) is 14.0. The van der Waals surface area contributed by atoms with Crippen LogP contribution in [0.4, 0.5) is 9.59 Å². The molecule has 0 radical (unpaired) electrons. The first kappa shape index (κ1) is 31.5. The number of imidazole rings is 1. The SMILES string of the molecule is CC(C)(C)OC(=O)N1CCC[C@H]1C1=NCC(c2ccc(C#Cc3ccc4nc([C@@H]5CCCN5C(=O)OC(C)(C)C)[nH]c4c3)cc2)N1. The lowest BCUT2D eigenvalue weighted by atomic mass is 10.0. The summed E-state index contributed by atoms with van der Waals surface area (Å²) < 4.78 is 11.3. The van der Waals surface area contributed by atoms with Gasteiger partial charge in [-0.1, -0.05) is 24.0 Å². The number of fused-ring (bicyclic) bond motifs is 1. The molecule has 0 spiro atoms. The quantitative estimate of drug-likeness (QED) is 0.323. The number of hydrogen-bond acceptors (Lipinski definition) is 7. The Balaban J connectivity index is 1.08. The highest BCUT2D eigenvalue weighted by Gasteiger charge is 2.38. The first-order valence-electron chi connectivity index (χ1n) is 16.2. The Morgan fingerprint density at radius 3 is 2.07 bits per heavy atom. The second-order valence-electron chi connectivity index (χ2n) is 14.3. The van der Waals surface area contributed by atoms with E-state index in [0.717, 1.165) is 65.1 Å². The molecule has 10 heteroatoms. The molecule has 3 aromatic rings. The highest BCUT2D eigenvalue weighted by atomic mass is 16.6. The van der Waals surface area contributed by atoms with Crippen LogP contribution in [0.5, 0.6) is 0 Å². The number of hydrogen-bond donors (Lipinski definition) is 2. The number of aliphatic imine (C=N–C) groups is 1. The van der Waals surface area contributed by atoms with E-state index in [1.54, 1.807) is 9.80 Å². The van der Waals surface area contributed by atoms with E-state index in [-0.39, 0.29) is 30.3 Å². The van der Waals surface area contributed by atoms with Crippen molar-refractivity contribution < 1.29 is 19.1 Å². The second kappa shape index (κ2) is 12.3. The molecule has 3 aliphatic rings. The van der Waals surface area contributed by atoms with Crippen molar-refractivity contribution in [1.82, 2.24) is 25.1 Å². The molecule has 4 heterocycles. The van der Waals surface area contributed by atoms with Crippen molar-refractivity contribution in [3.8, 4) is 11.8 Å². The standard InChI is InChI=1S/C36H44N6O4/c1-35(2,3)45-33(43)41-19-7-9-29(41)31-37-22-28(40-31)25-16-13-23(14-17-25)11-12-24-15-18-26-27(21-24)39-32(38-26)30-10-8-20-42(30)34(44)46-36(4,5)6/h13-18,21,28-30H,7-10,19-20,22H2,1-6H3,(H,37,40)(H,38,39)/t28?,29-,30-/m0/s1. The third-order valence-corrected chi connectivity index (χ3v) is 8.32. The van der Waals surface area contributed by atoms with Gasteiger partial charge in [-0.15, -0.1) is 0 Å².